The lowest BCUT2D eigenvalue weighted by molar-refractivity contribution is 0.00678. The van der Waals surface area contributed by atoms with Crippen LogP contribution in [-0.2, 0) is 11.3 Å². The van der Waals surface area contributed by atoms with Crippen LogP contribution in [0.15, 0.2) is 36.7 Å². The molecular formula is C25H29N3O3. The van der Waals surface area contributed by atoms with Gasteiger partial charge >= 0.3 is 5.97 Å². The molecule has 2 fully saturated rings. The minimum Gasteiger partial charge on any atom is -0.477 e. The number of piperidine rings is 1. The minimum atomic E-state index is -0.995. The van der Waals surface area contributed by atoms with E-state index >= 15 is 0 Å². The maximum Gasteiger partial charge on any atom is 0.354 e. The molecule has 0 unspecified atom stereocenters. The average Bonchev–Trinajstić information content (AvgIpc) is 3.51. The van der Waals surface area contributed by atoms with Crippen LogP contribution in [0.4, 0.5) is 0 Å². The van der Waals surface area contributed by atoms with Crippen LogP contribution in [0.1, 0.15) is 70.4 Å². The summed E-state index contributed by atoms with van der Waals surface area (Å²) in [6.45, 7) is 4.01. The molecule has 2 atom stereocenters. The van der Waals surface area contributed by atoms with E-state index in [2.05, 4.69) is 33.9 Å². The summed E-state index contributed by atoms with van der Waals surface area (Å²) in [7, 11) is 1.78. The van der Waals surface area contributed by atoms with Crippen molar-refractivity contribution in [3.05, 3.63) is 64.6 Å². The largest absolute Gasteiger partial charge is 0.477 e. The van der Waals surface area contributed by atoms with Crippen molar-refractivity contribution >= 4 is 16.9 Å². The average molecular weight is 420 g/mol. The zero-order valence-corrected chi connectivity index (χ0v) is 18.1. The summed E-state index contributed by atoms with van der Waals surface area (Å²) in [5.41, 5.74) is 6.61. The predicted octanol–water partition coefficient (Wildman–Crippen LogP) is 4.80. The second kappa shape index (κ2) is 8.09. The first kappa shape index (κ1) is 20.2. The molecule has 31 heavy (non-hydrogen) atoms. The van der Waals surface area contributed by atoms with E-state index in [1.165, 1.54) is 40.4 Å². The van der Waals surface area contributed by atoms with Gasteiger partial charge in [0.15, 0.2) is 0 Å². The van der Waals surface area contributed by atoms with Crippen molar-refractivity contribution in [3.63, 3.8) is 0 Å². The molecule has 1 aromatic carbocycles. The summed E-state index contributed by atoms with van der Waals surface area (Å²) in [4.78, 5) is 21.4. The van der Waals surface area contributed by atoms with Gasteiger partial charge in [0, 0.05) is 49.5 Å². The van der Waals surface area contributed by atoms with Gasteiger partial charge in [-0.15, -0.1) is 0 Å². The summed E-state index contributed by atoms with van der Waals surface area (Å²) in [6.07, 6.45) is 8.40. The lowest BCUT2D eigenvalue weighted by atomic mass is 9.91. The highest BCUT2D eigenvalue weighted by Crippen LogP contribution is 2.45. The van der Waals surface area contributed by atoms with E-state index in [9.17, 15) is 9.90 Å². The van der Waals surface area contributed by atoms with Gasteiger partial charge in [-0.1, -0.05) is 12.1 Å². The maximum absolute atomic E-state index is 11.2. The first-order valence-corrected chi connectivity index (χ1v) is 11.1. The van der Waals surface area contributed by atoms with Crippen LogP contribution in [0.5, 0.6) is 0 Å². The number of benzene rings is 1. The quantitative estimate of drug-likeness (QED) is 0.600. The zero-order valence-electron chi connectivity index (χ0n) is 18.1. The number of nitrogens with zero attached hydrogens (tertiary/aromatic N) is 2. The number of aromatic carboxylic acids is 1. The van der Waals surface area contributed by atoms with Crippen molar-refractivity contribution in [2.24, 2.45) is 0 Å². The zero-order chi connectivity index (χ0) is 21.5. The third-order valence-electron chi connectivity index (χ3n) is 6.95. The van der Waals surface area contributed by atoms with Crippen LogP contribution >= 0.6 is 0 Å². The molecule has 162 valence electrons. The molecule has 2 aromatic heterocycles. The molecule has 2 N–H and O–H groups in total. The number of aromatic amines is 1. The number of carboxylic acid groups (broad SMARTS) is 1. The second-order valence-corrected chi connectivity index (χ2v) is 8.95. The van der Waals surface area contributed by atoms with Gasteiger partial charge in [-0.25, -0.2) is 9.78 Å². The molecule has 0 amide bonds. The van der Waals surface area contributed by atoms with E-state index in [0.29, 0.717) is 5.92 Å². The molecule has 0 radical (unpaired) electrons. The Morgan fingerprint density at radius 3 is 2.81 bits per heavy atom. The lowest BCUT2D eigenvalue weighted by Gasteiger charge is -2.39. The standard InChI is InChI=1S/C25H29N3O3/c1-15-11-20(16-3-4-16)21(19-7-9-26-24(15)19)14-28-10-8-18(31-2)12-23(28)17-5-6-22(25(29)30)27-13-17/h5-7,9,11,13,16,18,23,26H,3-4,8,10,12,14H2,1-2H3,(H,29,30)/t18-,23-/m0/s1. The summed E-state index contributed by atoms with van der Waals surface area (Å²) in [5, 5.41) is 10.5. The number of hydrogen-bond donors (Lipinski definition) is 2. The minimum absolute atomic E-state index is 0.0815. The van der Waals surface area contributed by atoms with Crippen molar-refractivity contribution in [3.8, 4) is 0 Å². The van der Waals surface area contributed by atoms with Crippen molar-refractivity contribution < 1.29 is 14.6 Å². The second-order valence-electron chi connectivity index (χ2n) is 8.95. The van der Waals surface area contributed by atoms with Crippen LogP contribution in [0.3, 0.4) is 0 Å². The Morgan fingerprint density at radius 2 is 2.13 bits per heavy atom. The third-order valence-corrected chi connectivity index (χ3v) is 6.95. The van der Waals surface area contributed by atoms with Crippen molar-refractivity contribution in [2.75, 3.05) is 13.7 Å². The summed E-state index contributed by atoms with van der Waals surface area (Å²) < 4.78 is 5.70. The van der Waals surface area contributed by atoms with Crippen LogP contribution in [-0.4, -0.2) is 45.7 Å². The van der Waals surface area contributed by atoms with E-state index in [4.69, 9.17) is 4.74 Å². The molecule has 0 spiro atoms. The maximum atomic E-state index is 11.2. The smallest absolute Gasteiger partial charge is 0.354 e. The molecule has 2 aliphatic rings. The Labute approximate surface area is 182 Å². The number of aryl methyl sites for hydroxylation is 1. The van der Waals surface area contributed by atoms with Gasteiger partial charge in [-0.05, 0) is 72.9 Å². The van der Waals surface area contributed by atoms with Crippen LogP contribution in [0, 0.1) is 6.92 Å². The van der Waals surface area contributed by atoms with Crippen LogP contribution in [0.2, 0.25) is 0 Å². The van der Waals surface area contributed by atoms with Crippen molar-refractivity contribution in [1.29, 1.82) is 0 Å². The topological polar surface area (TPSA) is 78.5 Å². The van der Waals surface area contributed by atoms with E-state index < -0.39 is 5.97 Å². The molecule has 3 aromatic rings. The molecule has 1 aliphatic carbocycles. The molecule has 6 heteroatoms. The Balaban J connectivity index is 1.51. The number of fused-ring (bicyclic) bond motifs is 1. The number of pyridine rings is 1. The first-order chi connectivity index (χ1) is 15.0. The number of likely N-dealkylation sites (tertiary alicyclic amines) is 1. The molecule has 1 saturated carbocycles. The highest BCUT2D eigenvalue weighted by atomic mass is 16.5. The Bertz CT molecular complexity index is 1100. The normalized spacial score (nSPS) is 22.1. The molecule has 6 nitrogen and oxygen atoms in total. The van der Waals surface area contributed by atoms with Crippen LogP contribution in [0.25, 0.3) is 10.9 Å². The van der Waals surface area contributed by atoms with Crippen molar-refractivity contribution in [1.82, 2.24) is 14.9 Å². The Hall–Kier alpha value is -2.70. The summed E-state index contributed by atoms with van der Waals surface area (Å²) >= 11 is 0. The van der Waals surface area contributed by atoms with Crippen molar-refractivity contribution in [2.45, 2.75) is 57.2 Å². The third kappa shape index (κ3) is 3.86. The first-order valence-electron chi connectivity index (χ1n) is 11.1. The van der Waals surface area contributed by atoms with E-state index in [1.807, 2.05) is 12.3 Å². The molecule has 1 saturated heterocycles. The van der Waals surface area contributed by atoms with E-state index in [-0.39, 0.29) is 17.8 Å². The number of aromatic nitrogens is 2. The van der Waals surface area contributed by atoms with Gasteiger partial charge in [0.05, 0.1) is 6.10 Å². The number of carboxylic acids is 1. The fourth-order valence-electron chi connectivity index (χ4n) is 5.09. The predicted molar refractivity (Wildman–Crippen MR) is 119 cm³/mol. The highest BCUT2D eigenvalue weighted by molar-refractivity contribution is 5.87. The fraction of sp³-hybridized carbons (Fsp3) is 0.440. The number of rotatable bonds is 6. The SMILES string of the molecule is CO[C@H]1CCN(Cc2c(C3CC3)cc(C)c3[nH]ccc23)[C@H](c2ccc(C(=O)O)nc2)C1. The van der Waals surface area contributed by atoms with Gasteiger partial charge in [0.25, 0.3) is 0 Å². The molecule has 5 rings (SSSR count). The van der Waals surface area contributed by atoms with E-state index in [0.717, 1.165) is 31.5 Å². The fourth-order valence-corrected chi connectivity index (χ4v) is 5.09. The lowest BCUT2D eigenvalue weighted by Crippen LogP contribution is -2.39. The molecule has 0 bridgehead atoms. The highest BCUT2D eigenvalue weighted by Gasteiger charge is 2.33. The monoisotopic (exact) mass is 419 g/mol. The van der Waals surface area contributed by atoms with Crippen LogP contribution < -0.4 is 0 Å². The number of nitrogens with one attached hydrogen (secondary N) is 1. The van der Waals surface area contributed by atoms with E-state index in [1.54, 1.807) is 19.4 Å². The van der Waals surface area contributed by atoms with Gasteiger partial charge < -0.3 is 14.8 Å². The molecule has 3 heterocycles. The van der Waals surface area contributed by atoms with Gasteiger partial charge in [0.2, 0.25) is 0 Å². The van der Waals surface area contributed by atoms with Gasteiger partial charge in [-0.3, -0.25) is 4.90 Å². The summed E-state index contributed by atoms with van der Waals surface area (Å²) in [6, 6.07) is 8.26. The Kier molecular flexibility index (Phi) is 5.28. The molecular weight excluding hydrogens is 390 g/mol. The number of H-pyrrole nitrogens is 1. The number of ether oxygens (including phenoxy) is 1. The number of hydrogen-bond acceptors (Lipinski definition) is 4. The van der Waals surface area contributed by atoms with Gasteiger partial charge in [-0.2, -0.15) is 0 Å². The van der Waals surface area contributed by atoms with Gasteiger partial charge in [0.1, 0.15) is 5.69 Å². The Morgan fingerprint density at radius 1 is 1.29 bits per heavy atom. The number of methoxy groups -OCH3 is 1. The summed E-state index contributed by atoms with van der Waals surface area (Å²) in [5.74, 6) is -0.315. The number of carbonyl (C=O) groups is 1. The molecule has 1 aliphatic heterocycles.